The molecule has 0 heterocycles. The van der Waals surface area contributed by atoms with Crippen molar-refractivity contribution in [1.82, 2.24) is 5.32 Å². The molecule has 1 aliphatic rings. The van der Waals surface area contributed by atoms with Crippen molar-refractivity contribution in [3.05, 3.63) is 47.2 Å². The van der Waals surface area contributed by atoms with Gasteiger partial charge in [0.1, 0.15) is 0 Å². The van der Waals surface area contributed by atoms with Crippen LogP contribution in [-0.2, 0) is 6.42 Å². The quantitative estimate of drug-likeness (QED) is 0.600. The molecule has 0 bridgehead atoms. The highest BCUT2D eigenvalue weighted by molar-refractivity contribution is 6.13. The number of hydrogen-bond acceptors (Lipinski definition) is 2. The van der Waals surface area contributed by atoms with Gasteiger partial charge in [0.2, 0.25) is 0 Å². The zero-order chi connectivity index (χ0) is 10.7. The van der Waals surface area contributed by atoms with Crippen LogP contribution in [0.5, 0.6) is 0 Å². The Kier molecular flexibility index (Phi) is 2.86. The van der Waals surface area contributed by atoms with Crippen molar-refractivity contribution in [2.75, 3.05) is 6.54 Å². The van der Waals surface area contributed by atoms with Gasteiger partial charge in [-0.1, -0.05) is 31.2 Å². The van der Waals surface area contributed by atoms with Gasteiger partial charge in [0.05, 0.1) is 0 Å². The van der Waals surface area contributed by atoms with Crippen LogP contribution in [0.15, 0.2) is 36.0 Å². The number of ketones is 1. The molecule has 0 unspecified atom stereocenters. The van der Waals surface area contributed by atoms with Gasteiger partial charge in [-0.25, -0.2) is 0 Å². The maximum Gasteiger partial charge on any atom is 0.191 e. The van der Waals surface area contributed by atoms with Crippen LogP contribution in [0, 0.1) is 0 Å². The second kappa shape index (κ2) is 4.30. The SMILES string of the molecule is CCCN/C=C1/Cc2ccccc2C1=O. The summed E-state index contributed by atoms with van der Waals surface area (Å²) in [5.41, 5.74) is 2.89. The maximum atomic E-state index is 11.9. The van der Waals surface area contributed by atoms with Crippen LogP contribution in [0.4, 0.5) is 0 Å². The molecule has 0 aliphatic heterocycles. The van der Waals surface area contributed by atoms with Gasteiger partial charge in [-0.05, 0) is 12.0 Å². The Morgan fingerprint density at radius 2 is 2.20 bits per heavy atom. The summed E-state index contributed by atoms with van der Waals surface area (Å²) < 4.78 is 0. The zero-order valence-electron chi connectivity index (χ0n) is 8.92. The smallest absolute Gasteiger partial charge is 0.191 e. The van der Waals surface area contributed by atoms with Gasteiger partial charge in [0.25, 0.3) is 0 Å². The zero-order valence-corrected chi connectivity index (χ0v) is 8.92. The summed E-state index contributed by atoms with van der Waals surface area (Å²) in [6.45, 7) is 3.03. The number of fused-ring (bicyclic) bond motifs is 1. The molecule has 0 radical (unpaired) electrons. The molecule has 0 spiro atoms. The van der Waals surface area contributed by atoms with Gasteiger partial charge in [0, 0.05) is 30.3 Å². The summed E-state index contributed by atoms with van der Waals surface area (Å²) in [6.07, 6.45) is 3.71. The van der Waals surface area contributed by atoms with Crippen molar-refractivity contribution < 1.29 is 4.79 Å². The number of Topliss-reactive ketones (excluding diaryl/α,β-unsaturated/α-hetero) is 1. The van der Waals surface area contributed by atoms with E-state index in [9.17, 15) is 4.79 Å². The van der Waals surface area contributed by atoms with E-state index in [1.807, 2.05) is 30.5 Å². The molecule has 2 nitrogen and oxygen atoms in total. The van der Waals surface area contributed by atoms with Crippen molar-refractivity contribution in [2.45, 2.75) is 19.8 Å². The summed E-state index contributed by atoms with van der Waals surface area (Å²) in [7, 11) is 0. The maximum absolute atomic E-state index is 11.9. The third-order valence-electron chi connectivity index (χ3n) is 2.61. The van der Waals surface area contributed by atoms with E-state index in [1.54, 1.807) is 0 Å². The van der Waals surface area contributed by atoms with Crippen molar-refractivity contribution in [3.8, 4) is 0 Å². The Bertz CT molecular complexity index is 407. The molecule has 2 heteroatoms. The lowest BCUT2D eigenvalue weighted by Crippen LogP contribution is -2.09. The van der Waals surface area contributed by atoms with Gasteiger partial charge < -0.3 is 5.32 Å². The van der Waals surface area contributed by atoms with Crippen LogP contribution in [0.1, 0.15) is 29.3 Å². The number of allylic oxidation sites excluding steroid dienone is 1. The van der Waals surface area contributed by atoms with Gasteiger partial charge in [-0.2, -0.15) is 0 Å². The topological polar surface area (TPSA) is 29.1 Å². The highest BCUT2D eigenvalue weighted by Crippen LogP contribution is 2.25. The molecule has 0 atom stereocenters. The van der Waals surface area contributed by atoms with Crippen molar-refractivity contribution in [3.63, 3.8) is 0 Å². The van der Waals surface area contributed by atoms with Crippen LogP contribution in [0.25, 0.3) is 0 Å². The molecule has 1 aliphatic carbocycles. The second-order valence-electron chi connectivity index (χ2n) is 3.79. The number of hydrogen-bond donors (Lipinski definition) is 1. The first-order chi connectivity index (χ1) is 7.33. The molecule has 78 valence electrons. The van der Waals surface area contributed by atoms with E-state index < -0.39 is 0 Å². The van der Waals surface area contributed by atoms with Crippen LogP contribution in [0.2, 0.25) is 0 Å². The molecular weight excluding hydrogens is 186 g/mol. The average Bonchev–Trinajstić information content (AvgIpc) is 2.57. The number of carbonyl (C=O) groups excluding carboxylic acids is 1. The third kappa shape index (κ3) is 1.94. The Morgan fingerprint density at radius 3 is 2.93 bits per heavy atom. The van der Waals surface area contributed by atoms with Crippen molar-refractivity contribution in [1.29, 1.82) is 0 Å². The first-order valence-electron chi connectivity index (χ1n) is 5.38. The molecule has 1 aromatic carbocycles. The Labute approximate surface area is 90.0 Å². The Hall–Kier alpha value is -1.57. The molecule has 0 saturated carbocycles. The average molecular weight is 201 g/mol. The lowest BCUT2D eigenvalue weighted by Gasteiger charge is -1.98. The lowest BCUT2D eigenvalue weighted by molar-refractivity contribution is 0.103. The van der Waals surface area contributed by atoms with E-state index in [-0.39, 0.29) is 5.78 Å². The van der Waals surface area contributed by atoms with Crippen LogP contribution >= 0.6 is 0 Å². The standard InChI is InChI=1S/C13H15NO/c1-2-7-14-9-11-8-10-5-3-4-6-12(10)13(11)15/h3-6,9,14H,2,7-8H2,1H3/b11-9-. The summed E-state index contributed by atoms with van der Waals surface area (Å²) in [4.78, 5) is 11.9. The molecule has 0 amide bonds. The van der Waals surface area contributed by atoms with Crippen molar-refractivity contribution >= 4 is 5.78 Å². The van der Waals surface area contributed by atoms with E-state index in [0.29, 0.717) is 0 Å². The highest BCUT2D eigenvalue weighted by atomic mass is 16.1. The van der Waals surface area contributed by atoms with Gasteiger partial charge in [-0.15, -0.1) is 0 Å². The fourth-order valence-electron chi connectivity index (χ4n) is 1.81. The molecule has 0 saturated heterocycles. The van der Waals surface area contributed by atoms with E-state index in [4.69, 9.17) is 0 Å². The van der Waals surface area contributed by atoms with E-state index >= 15 is 0 Å². The van der Waals surface area contributed by atoms with Gasteiger partial charge in [0.15, 0.2) is 5.78 Å². The predicted octanol–water partition coefficient (Wildman–Crippen LogP) is 2.31. The second-order valence-corrected chi connectivity index (χ2v) is 3.79. The Morgan fingerprint density at radius 1 is 1.40 bits per heavy atom. The van der Waals surface area contributed by atoms with Gasteiger partial charge >= 0.3 is 0 Å². The minimum absolute atomic E-state index is 0.175. The minimum Gasteiger partial charge on any atom is -0.391 e. The number of rotatable bonds is 3. The number of carbonyl (C=O) groups is 1. The van der Waals surface area contributed by atoms with E-state index in [1.165, 1.54) is 0 Å². The largest absolute Gasteiger partial charge is 0.391 e. The van der Waals surface area contributed by atoms with E-state index in [0.717, 1.165) is 36.1 Å². The fourth-order valence-corrected chi connectivity index (χ4v) is 1.81. The highest BCUT2D eigenvalue weighted by Gasteiger charge is 2.23. The minimum atomic E-state index is 0.175. The summed E-state index contributed by atoms with van der Waals surface area (Å²) in [5.74, 6) is 0.175. The monoisotopic (exact) mass is 201 g/mol. The first-order valence-corrected chi connectivity index (χ1v) is 5.38. The molecule has 1 N–H and O–H groups in total. The molecular formula is C13H15NO. The molecule has 15 heavy (non-hydrogen) atoms. The first kappa shape index (κ1) is 9.97. The lowest BCUT2D eigenvalue weighted by atomic mass is 10.1. The number of nitrogens with one attached hydrogen (secondary N) is 1. The predicted molar refractivity (Wildman–Crippen MR) is 60.9 cm³/mol. The van der Waals surface area contributed by atoms with Crippen LogP contribution in [0.3, 0.4) is 0 Å². The molecule has 2 rings (SSSR count). The molecule has 0 aromatic heterocycles. The molecule has 0 fully saturated rings. The van der Waals surface area contributed by atoms with Crippen LogP contribution in [-0.4, -0.2) is 12.3 Å². The summed E-state index contributed by atoms with van der Waals surface area (Å²) in [6, 6.07) is 7.82. The van der Waals surface area contributed by atoms with Gasteiger partial charge in [-0.3, -0.25) is 4.79 Å². The fraction of sp³-hybridized carbons (Fsp3) is 0.308. The summed E-state index contributed by atoms with van der Waals surface area (Å²) >= 11 is 0. The van der Waals surface area contributed by atoms with Crippen molar-refractivity contribution in [2.24, 2.45) is 0 Å². The normalized spacial score (nSPS) is 16.9. The third-order valence-corrected chi connectivity index (χ3v) is 2.61. The summed E-state index contributed by atoms with van der Waals surface area (Å²) in [5, 5.41) is 3.16. The number of benzene rings is 1. The molecule has 1 aromatic rings. The van der Waals surface area contributed by atoms with Crippen LogP contribution < -0.4 is 5.32 Å². The Balaban J connectivity index is 2.16. The van der Waals surface area contributed by atoms with E-state index in [2.05, 4.69) is 12.2 Å².